The van der Waals surface area contributed by atoms with Crippen LogP contribution in [0, 0.1) is 0 Å². The minimum absolute atomic E-state index is 0.201. The molecule has 1 amide bonds. The Balaban J connectivity index is 1.58. The molecule has 0 aromatic rings. The number of rotatable bonds is 53. The van der Waals surface area contributed by atoms with Crippen LogP contribution >= 0.6 is 0 Å². The molecular formula is C62H121NO13. The van der Waals surface area contributed by atoms with Gasteiger partial charge in [0.05, 0.1) is 32.0 Å². The molecule has 2 aliphatic rings. The van der Waals surface area contributed by atoms with Crippen LogP contribution < -0.4 is 5.32 Å². The average molecular weight is 1090 g/mol. The van der Waals surface area contributed by atoms with Crippen molar-refractivity contribution in [2.45, 2.75) is 370 Å². The van der Waals surface area contributed by atoms with Crippen LogP contribution in [0.15, 0.2) is 0 Å². The highest BCUT2D eigenvalue weighted by molar-refractivity contribution is 5.76. The number of amides is 1. The first-order valence-corrected chi connectivity index (χ1v) is 32.3. The van der Waals surface area contributed by atoms with Gasteiger partial charge in [-0.3, -0.25) is 4.79 Å². The van der Waals surface area contributed by atoms with E-state index >= 15 is 0 Å². The fourth-order valence-electron chi connectivity index (χ4n) is 11.1. The Kier molecular flexibility index (Phi) is 45.5. The molecule has 76 heavy (non-hydrogen) atoms. The molecule has 2 rings (SSSR count). The van der Waals surface area contributed by atoms with Crippen LogP contribution in [-0.2, 0) is 23.7 Å². The second-order valence-corrected chi connectivity index (χ2v) is 23.3. The smallest absolute Gasteiger partial charge is 0.220 e. The first-order valence-electron chi connectivity index (χ1n) is 32.3. The van der Waals surface area contributed by atoms with Crippen LogP contribution in [0.2, 0.25) is 0 Å². The van der Waals surface area contributed by atoms with E-state index in [2.05, 4.69) is 19.2 Å². The summed E-state index contributed by atoms with van der Waals surface area (Å²) in [4.78, 5) is 13.2. The Morgan fingerprint density at radius 3 is 1.12 bits per heavy atom. The van der Waals surface area contributed by atoms with Crippen molar-refractivity contribution < 1.29 is 64.6 Å². The van der Waals surface area contributed by atoms with Gasteiger partial charge in [-0.15, -0.1) is 0 Å². The molecule has 0 saturated carbocycles. The van der Waals surface area contributed by atoms with Crippen molar-refractivity contribution in [3.8, 4) is 0 Å². The van der Waals surface area contributed by atoms with Gasteiger partial charge < -0.3 is 65.1 Å². The molecular weight excluding hydrogens is 967 g/mol. The lowest BCUT2D eigenvalue weighted by Crippen LogP contribution is -2.65. The van der Waals surface area contributed by atoms with Gasteiger partial charge in [0.2, 0.25) is 5.91 Å². The summed E-state index contributed by atoms with van der Waals surface area (Å²) < 4.78 is 22.8. The molecule has 0 aromatic heterocycles. The number of nitrogens with one attached hydrogen (secondary N) is 1. The summed E-state index contributed by atoms with van der Waals surface area (Å²) in [5.41, 5.74) is 0. The molecule has 0 bridgehead atoms. The number of carbonyl (C=O) groups is 1. The molecule has 452 valence electrons. The quantitative estimate of drug-likeness (QED) is 0.0259. The Morgan fingerprint density at radius 1 is 0.421 bits per heavy atom. The van der Waals surface area contributed by atoms with E-state index in [4.69, 9.17) is 18.9 Å². The molecule has 0 aliphatic carbocycles. The SMILES string of the molecule is CCCCCCCCCCCCCCCCCCCCCCCCCCCCCCCCCCC(=O)NC(COC1OC(CO)C(OC2OC(CO)C(O)C(O)C2O)C(O)C1O)C(O)CCCCCCCCCCCC. The van der Waals surface area contributed by atoms with E-state index in [1.165, 1.54) is 218 Å². The van der Waals surface area contributed by atoms with Crippen LogP contribution in [0.1, 0.15) is 296 Å². The highest BCUT2D eigenvalue weighted by Gasteiger charge is 2.51. The van der Waals surface area contributed by atoms with Crippen LogP contribution in [-0.4, -0.2) is 140 Å². The van der Waals surface area contributed by atoms with Crippen LogP contribution in [0.4, 0.5) is 0 Å². The predicted octanol–water partition coefficient (Wildman–Crippen LogP) is 11.7. The number of unbranched alkanes of at least 4 members (excludes halogenated alkanes) is 40. The Morgan fingerprint density at radius 2 is 0.750 bits per heavy atom. The number of ether oxygens (including phenoxy) is 4. The molecule has 0 aromatic carbocycles. The third-order valence-electron chi connectivity index (χ3n) is 16.3. The summed E-state index contributed by atoms with van der Waals surface area (Å²) in [6.07, 6.45) is 38.7. The van der Waals surface area contributed by atoms with Crippen molar-refractivity contribution in [3.63, 3.8) is 0 Å². The number of carbonyl (C=O) groups excluding carboxylic acids is 1. The van der Waals surface area contributed by atoms with E-state index in [-0.39, 0.29) is 12.5 Å². The summed E-state index contributed by atoms with van der Waals surface area (Å²) in [6.45, 7) is 2.87. The second-order valence-electron chi connectivity index (χ2n) is 23.3. The topological polar surface area (TPSA) is 228 Å². The summed E-state index contributed by atoms with van der Waals surface area (Å²) in [7, 11) is 0. The minimum atomic E-state index is -1.78. The molecule has 12 unspecified atom stereocenters. The van der Waals surface area contributed by atoms with Gasteiger partial charge >= 0.3 is 0 Å². The monoisotopic (exact) mass is 1090 g/mol. The molecule has 12 atom stereocenters. The summed E-state index contributed by atoms with van der Waals surface area (Å²) in [6, 6.07) is -0.821. The van der Waals surface area contributed by atoms with E-state index in [1.807, 2.05) is 0 Å². The lowest BCUT2D eigenvalue weighted by atomic mass is 9.97. The maximum absolute atomic E-state index is 13.2. The van der Waals surface area contributed by atoms with Gasteiger partial charge in [0.25, 0.3) is 0 Å². The zero-order chi connectivity index (χ0) is 55.3. The zero-order valence-corrected chi connectivity index (χ0v) is 48.8. The molecule has 2 saturated heterocycles. The van der Waals surface area contributed by atoms with Crippen molar-refractivity contribution in [1.82, 2.24) is 5.32 Å². The molecule has 2 fully saturated rings. The van der Waals surface area contributed by atoms with Crippen molar-refractivity contribution in [2.24, 2.45) is 0 Å². The Hall–Kier alpha value is -1.01. The molecule has 9 N–H and O–H groups in total. The Bertz CT molecular complexity index is 1280. The first kappa shape index (κ1) is 71.1. The zero-order valence-electron chi connectivity index (χ0n) is 48.8. The molecule has 14 nitrogen and oxygen atoms in total. The number of hydrogen-bond acceptors (Lipinski definition) is 13. The lowest BCUT2D eigenvalue weighted by Gasteiger charge is -2.46. The molecule has 0 spiro atoms. The summed E-state index contributed by atoms with van der Waals surface area (Å²) in [5.74, 6) is -0.201. The normalized spacial score (nSPS) is 24.8. The van der Waals surface area contributed by atoms with E-state index in [0.717, 1.165) is 51.4 Å². The van der Waals surface area contributed by atoms with Gasteiger partial charge in [0, 0.05) is 6.42 Å². The third kappa shape index (κ3) is 33.7. The minimum Gasteiger partial charge on any atom is -0.394 e. The second kappa shape index (κ2) is 48.7. The van der Waals surface area contributed by atoms with Gasteiger partial charge in [0.1, 0.15) is 48.8 Å². The average Bonchev–Trinajstić information content (AvgIpc) is 3.42. The van der Waals surface area contributed by atoms with Gasteiger partial charge in [-0.05, 0) is 12.8 Å². The van der Waals surface area contributed by atoms with Crippen LogP contribution in [0.25, 0.3) is 0 Å². The third-order valence-corrected chi connectivity index (χ3v) is 16.3. The van der Waals surface area contributed by atoms with Crippen molar-refractivity contribution >= 4 is 5.91 Å². The van der Waals surface area contributed by atoms with Gasteiger partial charge in [-0.2, -0.15) is 0 Å². The lowest BCUT2D eigenvalue weighted by molar-refractivity contribution is -0.359. The van der Waals surface area contributed by atoms with E-state index in [1.54, 1.807) is 0 Å². The number of aliphatic hydroxyl groups excluding tert-OH is 8. The van der Waals surface area contributed by atoms with Crippen molar-refractivity contribution in [1.29, 1.82) is 0 Å². The maximum Gasteiger partial charge on any atom is 0.220 e. The van der Waals surface area contributed by atoms with Crippen molar-refractivity contribution in [2.75, 3.05) is 19.8 Å². The largest absolute Gasteiger partial charge is 0.394 e. The standard InChI is InChI=1S/C62H121NO13/c1-3-5-7-9-11-13-15-16-17-18-19-20-21-22-23-24-25-26-27-28-29-30-31-32-33-34-35-36-38-40-42-44-46-54(67)63-50(51(66)45-43-41-39-37-14-12-10-8-6-4-2)49-73-61-59(72)57(70)60(53(48-65)75-61)76-62-58(71)56(69)55(68)52(47-64)74-62/h50-53,55-62,64-66,68-72H,3-49H2,1-2H3,(H,63,67). The highest BCUT2D eigenvalue weighted by Crippen LogP contribution is 2.30. The van der Waals surface area contributed by atoms with E-state index in [9.17, 15) is 45.6 Å². The predicted molar refractivity (Wildman–Crippen MR) is 305 cm³/mol. The fourth-order valence-corrected chi connectivity index (χ4v) is 11.1. The fraction of sp³-hybridized carbons (Fsp3) is 0.984. The molecule has 2 heterocycles. The van der Waals surface area contributed by atoms with E-state index < -0.39 is 86.8 Å². The molecule has 0 radical (unpaired) electrons. The highest BCUT2D eigenvalue weighted by atomic mass is 16.7. The van der Waals surface area contributed by atoms with Gasteiger partial charge in [0.15, 0.2) is 12.6 Å². The van der Waals surface area contributed by atoms with Crippen LogP contribution in [0.5, 0.6) is 0 Å². The number of aliphatic hydroxyl groups is 8. The number of hydrogen-bond donors (Lipinski definition) is 9. The van der Waals surface area contributed by atoms with Crippen molar-refractivity contribution in [3.05, 3.63) is 0 Å². The summed E-state index contributed by atoms with van der Waals surface area (Å²) >= 11 is 0. The first-order chi connectivity index (χ1) is 37.1. The summed E-state index contributed by atoms with van der Waals surface area (Å²) in [5, 5.41) is 87.1. The van der Waals surface area contributed by atoms with Crippen LogP contribution in [0.3, 0.4) is 0 Å². The van der Waals surface area contributed by atoms with E-state index in [0.29, 0.717) is 12.8 Å². The van der Waals surface area contributed by atoms with Gasteiger partial charge in [-0.25, -0.2) is 0 Å². The molecule has 2 aliphatic heterocycles. The maximum atomic E-state index is 13.2. The Labute approximate surface area is 464 Å². The molecule has 14 heteroatoms. The van der Waals surface area contributed by atoms with Gasteiger partial charge in [-0.1, -0.05) is 277 Å².